The van der Waals surface area contributed by atoms with Gasteiger partial charge in [-0.05, 0) is 47.9 Å². The molecule has 0 saturated carbocycles. The second-order valence-electron chi connectivity index (χ2n) is 7.25. The van der Waals surface area contributed by atoms with Crippen LogP contribution in [0, 0.1) is 0 Å². The van der Waals surface area contributed by atoms with Crippen LogP contribution in [0.3, 0.4) is 0 Å². The van der Waals surface area contributed by atoms with E-state index in [-0.39, 0.29) is 5.56 Å². The highest BCUT2D eigenvalue weighted by atomic mass is 19.4. The molecule has 2 aromatic carbocycles. The number of carbonyl (C=O) groups is 2. The van der Waals surface area contributed by atoms with Gasteiger partial charge in [-0.1, -0.05) is 36.4 Å². The van der Waals surface area contributed by atoms with Gasteiger partial charge in [0.05, 0.1) is 5.56 Å². The standard InChI is InChI=1S/C22H19N3O2.C2HF3O2/c23-9-8-14-2-1-3-17(10-14)18-11-19-20(13-25-21(19)24-12-18)15-4-6-16(7-5-15)22(26)27;3-2(4,5)1(6)7/h1-7,10-13H,8-9,23H2,(H,24,25)(H,26,27);(H,6,7). The van der Waals surface area contributed by atoms with E-state index in [0.29, 0.717) is 6.54 Å². The normalized spacial score (nSPS) is 11.1. The highest BCUT2D eigenvalue weighted by Crippen LogP contribution is 2.31. The first-order valence-corrected chi connectivity index (χ1v) is 10.0. The first-order chi connectivity index (χ1) is 16.1. The van der Waals surface area contributed by atoms with Crippen molar-refractivity contribution in [2.24, 2.45) is 5.73 Å². The van der Waals surface area contributed by atoms with Gasteiger partial charge in [-0.25, -0.2) is 14.6 Å². The Morgan fingerprint density at radius 1 is 0.971 bits per heavy atom. The lowest BCUT2D eigenvalue weighted by atomic mass is 10.00. The number of aliphatic carboxylic acids is 1. The van der Waals surface area contributed by atoms with E-state index in [4.69, 9.17) is 20.7 Å². The van der Waals surface area contributed by atoms with Crippen LogP contribution in [0.25, 0.3) is 33.3 Å². The van der Waals surface area contributed by atoms with Crippen molar-refractivity contribution in [3.8, 4) is 22.3 Å². The Balaban J connectivity index is 0.000000406. The molecule has 0 aliphatic heterocycles. The van der Waals surface area contributed by atoms with Gasteiger partial charge in [-0.2, -0.15) is 13.2 Å². The molecule has 10 heteroatoms. The predicted molar refractivity (Wildman–Crippen MR) is 120 cm³/mol. The maximum absolute atomic E-state index is 11.1. The first-order valence-electron chi connectivity index (χ1n) is 10.0. The largest absolute Gasteiger partial charge is 0.490 e. The number of aromatic carboxylic acids is 1. The van der Waals surface area contributed by atoms with Gasteiger partial charge in [-0.3, -0.25) is 0 Å². The number of hydrogen-bond donors (Lipinski definition) is 4. The number of nitrogens with two attached hydrogens (primary N) is 1. The Morgan fingerprint density at radius 2 is 1.65 bits per heavy atom. The van der Waals surface area contributed by atoms with E-state index in [1.807, 2.05) is 30.6 Å². The van der Waals surface area contributed by atoms with Crippen LogP contribution in [0.2, 0.25) is 0 Å². The van der Waals surface area contributed by atoms with Crippen molar-refractivity contribution in [3.63, 3.8) is 0 Å². The van der Waals surface area contributed by atoms with Crippen LogP contribution in [-0.4, -0.2) is 44.8 Å². The maximum Gasteiger partial charge on any atom is 0.490 e. The first kappa shape index (κ1) is 24.5. The van der Waals surface area contributed by atoms with Crippen molar-refractivity contribution >= 4 is 23.0 Å². The Morgan fingerprint density at radius 3 is 2.24 bits per heavy atom. The van der Waals surface area contributed by atoms with E-state index in [1.54, 1.807) is 12.1 Å². The Hall–Kier alpha value is -4.18. The highest BCUT2D eigenvalue weighted by Gasteiger charge is 2.38. The molecule has 4 rings (SSSR count). The molecule has 0 radical (unpaired) electrons. The SMILES string of the molecule is NCCc1cccc(-c2cnc3[nH]cc(-c4ccc(C(=O)O)cc4)c3c2)c1.O=C(O)C(F)(F)F. The molecule has 0 spiro atoms. The zero-order valence-corrected chi connectivity index (χ0v) is 17.6. The number of benzene rings is 2. The van der Waals surface area contributed by atoms with Crippen molar-refractivity contribution in [3.05, 3.63) is 78.1 Å². The summed E-state index contributed by atoms with van der Waals surface area (Å²) in [6.07, 6.45) is -0.478. The number of aromatic amines is 1. The monoisotopic (exact) mass is 471 g/mol. The summed E-state index contributed by atoms with van der Waals surface area (Å²) >= 11 is 0. The third kappa shape index (κ3) is 5.78. The minimum absolute atomic E-state index is 0.272. The molecule has 34 heavy (non-hydrogen) atoms. The quantitative estimate of drug-likeness (QED) is 0.333. The third-order valence-electron chi connectivity index (χ3n) is 4.91. The van der Waals surface area contributed by atoms with Crippen LogP contribution in [0.5, 0.6) is 0 Å². The van der Waals surface area contributed by atoms with Crippen molar-refractivity contribution in [1.82, 2.24) is 9.97 Å². The van der Waals surface area contributed by atoms with Gasteiger partial charge in [0.2, 0.25) is 0 Å². The predicted octanol–water partition coefficient (Wildman–Crippen LogP) is 4.73. The molecular formula is C24H20F3N3O4. The second-order valence-corrected chi connectivity index (χ2v) is 7.25. The molecular weight excluding hydrogens is 451 g/mol. The lowest BCUT2D eigenvalue weighted by Gasteiger charge is -2.06. The summed E-state index contributed by atoms with van der Waals surface area (Å²) in [5, 5.41) is 17.2. The summed E-state index contributed by atoms with van der Waals surface area (Å²) in [5.41, 5.74) is 12.0. The lowest BCUT2D eigenvalue weighted by molar-refractivity contribution is -0.192. The molecule has 0 aliphatic carbocycles. The second kappa shape index (κ2) is 10.2. The summed E-state index contributed by atoms with van der Waals surface area (Å²) < 4.78 is 31.7. The van der Waals surface area contributed by atoms with Gasteiger partial charge in [0.25, 0.3) is 0 Å². The number of halogens is 3. The maximum atomic E-state index is 11.1. The van der Waals surface area contributed by atoms with Gasteiger partial charge in [-0.15, -0.1) is 0 Å². The number of carboxylic acid groups (broad SMARTS) is 2. The summed E-state index contributed by atoms with van der Waals surface area (Å²) in [6.45, 7) is 0.620. The van der Waals surface area contributed by atoms with E-state index in [0.717, 1.165) is 39.7 Å². The Kier molecular flexibility index (Phi) is 7.32. The van der Waals surface area contributed by atoms with Crippen molar-refractivity contribution < 1.29 is 33.0 Å². The van der Waals surface area contributed by atoms with Crippen molar-refractivity contribution in [2.45, 2.75) is 12.6 Å². The number of alkyl halides is 3. The smallest absolute Gasteiger partial charge is 0.478 e. The third-order valence-corrected chi connectivity index (χ3v) is 4.91. The van der Waals surface area contributed by atoms with Crippen LogP contribution >= 0.6 is 0 Å². The highest BCUT2D eigenvalue weighted by molar-refractivity contribution is 5.96. The zero-order valence-electron chi connectivity index (χ0n) is 17.6. The summed E-state index contributed by atoms with van der Waals surface area (Å²) in [6, 6.07) is 17.3. The van der Waals surface area contributed by atoms with Crippen LogP contribution in [0.15, 0.2) is 67.0 Å². The van der Waals surface area contributed by atoms with Crippen LogP contribution in [-0.2, 0) is 11.2 Å². The minimum atomic E-state index is -5.08. The number of rotatable bonds is 5. The molecule has 0 amide bonds. The average Bonchev–Trinajstić information content (AvgIpc) is 3.22. The number of nitrogens with one attached hydrogen (secondary N) is 1. The minimum Gasteiger partial charge on any atom is -0.478 e. The number of fused-ring (bicyclic) bond motifs is 1. The number of nitrogens with zero attached hydrogens (tertiary/aromatic N) is 1. The topological polar surface area (TPSA) is 129 Å². The molecule has 5 N–H and O–H groups in total. The zero-order chi connectivity index (χ0) is 24.9. The molecule has 0 unspecified atom stereocenters. The summed E-state index contributed by atoms with van der Waals surface area (Å²) in [5.74, 6) is -3.69. The number of carboxylic acids is 2. The van der Waals surface area contributed by atoms with Crippen LogP contribution < -0.4 is 5.73 Å². The molecule has 7 nitrogen and oxygen atoms in total. The molecule has 0 fully saturated rings. The Labute approximate surface area is 191 Å². The van der Waals surface area contributed by atoms with E-state index in [1.165, 1.54) is 5.56 Å². The number of aromatic nitrogens is 2. The molecule has 2 heterocycles. The van der Waals surface area contributed by atoms with Gasteiger partial charge >= 0.3 is 18.1 Å². The van der Waals surface area contributed by atoms with Gasteiger partial charge in [0.1, 0.15) is 5.65 Å². The summed E-state index contributed by atoms with van der Waals surface area (Å²) in [7, 11) is 0. The molecule has 4 aromatic rings. The molecule has 0 atom stereocenters. The fourth-order valence-corrected chi connectivity index (χ4v) is 3.27. The van der Waals surface area contributed by atoms with E-state index < -0.39 is 18.1 Å². The molecule has 0 aliphatic rings. The van der Waals surface area contributed by atoms with Crippen molar-refractivity contribution in [2.75, 3.05) is 6.54 Å². The molecule has 176 valence electrons. The van der Waals surface area contributed by atoms with Crippen LogP contribution in [0.1, 0.15) is 15.9 Å². The Bertz CT molecular complexity index is 1320. The fourth-order valence-electron chi connectivity index (χ4n) is 3.27. The molecule has 2 aromatic heterocycles. The van der Waals surface area contributed by atoms with Gasteiger partial charge < -0.3 is 20.9 Å². The van der Waals surface area contributed by atoms with Gasteiger partial charge in [0.15, 0.2) is 0 Å². The van der Waals surface area contributed by atoms with Gasteiger partial charge in [0, 0.05) is 28.9 Å². The van der Waals surface area contributed by atoms with Crippen LogP contribution in [0.4, 0.5) is 13.2 Å². The summed E-state index contributed by atoms with van der Waals surface area (Å²) in [4.78, 5) is 27.7. The average molecular weight is 471 g/mol. The number of pyridine rings is 1. The van der Waals surface area contributed by atoms with E-state index >= 15 is 0 Å². The number of H-pyrrole nitrogens is 1. The van der Waals surface area contributed by atoms with E-state index in [9.17, 15) is 18.0 Å². The van der Waals surface area contributed by atoms with E-state index in [2.05, 4.69) is 34.2 Å². The lowest BCUT2D eigenvalue weighted by Crippen LogP contribution is -2.21. The fraction of sp³-hybridized carbons (Fsp3) is 0.125. The van der Waals surface area contributed by atoms with Crippen molar-refractivity contribution in [1.29, 1.82) is 0 Å². The molecule has 0 bridgehead atoms. The molecule has 0 saturated heterocycles. The number of hydrogen-bond acceptors (Lipinski definition) is 4.